The largest absolute Gasteiger partial charge is 0.330 e. The first kappa shape index (κ1) is 24.1. The van der Waals surface area contributed by atoms with Crippen molar-refractivity contribution in [1.82, 2.24) is 4.98 Å². The predicted molar refractivity (Wildman–Crippen MR) is 129 cm³/mol. The maximum absolute atomic E-state index is 12.9. The Morgan fingerprint density at radius 1 is 1.25 bits per heavy atom. The molecule has 1 aliphatic rings. The first-order valence-electron chi connectivity index (χ1n) is 9.77. The third-order valence-corrected chi connectivity index (χ3v) is 7.17. The topological polar surface area (TPSA) is 105 Å². The van der Waals surface area contributed by atoms with Gasteiger partial charge >= 0.3 is 0 Å². The highest BCUT2D eigenvalue weighted by atomic mass is 35.5. The van der Waals surface area contributed by atoms with Gasteiger partial charge in [0.05, 0.1) is 4.90 Å². The fourth-order valence-electron chi connectivity index (χ4n) is 3.09. The maximum atomic E-state index is 12.9. The van der Waals surface area contributed by atoms with Crippen LogP contribution in [-0.2, 0) is 21.2 Å². The van der Waals surface area contributed by atoms with Gasteiger partial charge in [0.15, 0.2) is 5.13 Å². The third kappa shape index (κ3) is 6.04. The molecule has 32 heavy (non-hydrogen) atoms. The first-order chi connectivity index (χ1) is 15.3. The summed E-state index contributed by atoms with van der Waals surface area (Å²) in [6.07, 6.45) is 3.41. The van der Waals surface area contributed by atoms with Crippen molar-refractivity contribution in [3.8, 4) is 0 Å². The highest BCUT2D eigenvalue weighted by Gasteiger charge is 2.22. The number of amides is 1. The Balaban J connectivity index is 0.000000382. The van der Waals surface area contributed by atoms with Crippen molar-refractivity contribution in [2.75, 3.05) is 22.7 Å². The van der Waals surface area contributed by atoms with Crippen molar-refractivity contribution in [3.63, 3.8) is 0 Å². The van der Waals surface area contributed by atoms with Crippen molar-refractivity contribution >= 4 is 49.7 Å². The summed E-state index contributed by atoms with van der Waals surface area (Å²) in [5, 5.41) is 2.48. The average molecular weight is 501 g/mol. The van der Waals surface area contributed by atoms with Gasteiger partial charge in [-0.3, -0.25) is 9.52 Å². The Kier molecular flexibility index (Phi) is 8.19. The molecule has 0 radical (unpaired) electrons. The van der Waals surface area contributed by atoms with Crippen LogP contribution < -0.4 is 15.4 Å². The van der Waals surface area contributed by atoms with E-state index in [9.17, 15) is 17.6 Å². The van der Waals surface area contributed by atoms with Crippen molar-refractivity contribution in [3.05, 3.63) is 70.4 Å². The van der Waals surface area contributed by atoms with E-state index in [4.69, 9.17) is 17.3 Å². The molecule has 1 fully saturated rings. The molecule has 174 valence electrons. The molecular weight excluding hydrogens is 475 g/mol. The molecule has 2 heterocycles. The van der Waals surface area contributed by atoms with Gasteiger partial charge in [0.25, 0.3) is 10.0 Å². The summed E-state index contributed by atoms with van der Waals surface area (Å²) >= 11 is 6.93. The molecule has 1 aromatic heterocycles. The normalized spacial score (nSPS) is 13.6. The third-order valence-electron chi connectivity index (χ3n) is 4.64. The lowest BCUT2D eigenvalue weighted by Gasteiger charge is -2.16. The van der Waals surface area contributed by atoms with Crippen LogP contribution in [0.5, 0.6) is 0 Å². The Hall–Kier alpha value is -2.53. The summed E-state index contributed by atoms with van der Waals surface area (Å²) in [7, 11) is -3.64. The standard InChI is InChI=1S/C13H13N3O3S2.C8H9ClFN.2H2/c17-12-2-1-8-16(12)10-3-5-11(6-4-10)21(18,19)15-13-14-7-9-20-13;9-7-2-1-3-8(10)6(7)4-5-11;;/h3-7,9H,1-2,8H2,(H,14,15);1-3H,4-5,11H2;2*1H. The van der Waals surface area contributed by atoms with E-state index in [-0.39, 0.29) is 19.5 Å². The number of hydrogen-bond donors (Lipinski definition) is 2. The zero-order valence-corrected chi connectivity index (χ0v) is 19.4. The molecule has 1 aliphatic heterocycles. The number of halogens is 2. The van der Waals surface area contributed by atoms with Crippen molar-refractivity contribution in [2.24, 2.45) is 5.73 Å². The van der Waals surface area contributed by atoms with Crippen LogP contribution in [0.25, 0.3) is 0 Å². The summed E-state index contributed by atoms with van der Waals surface area (Å²) < 4.78 is 39.7. The number of benzene rings is 2. The zero-order chi connectivity index (χ0) is 23.1. The summed E-state index contributed by atoms with van der Waals surface area (Å²) in [4.78, 5) is 17.4. The Morgan fingerprint density at radius 3 is 2.56 bits per heavy atom. The number of rotatable bonds is 6. The number of nitrogens with two attached hydrogens (primary N) is 1. The van der Waals surface area contributed by atoms with Gasteiger partial charge in [0, 0.05) is 43.7 Å². The van der Waals surface area contributed by atoms with Gasteiger partial charge in [-0.05, 0) is 55.8 Å². The molecular formula is C21H26ClFN4O3S2. The zero-order valence-electron chi connectivity index (χ0n) is 17.0. The molecule has 4 rings (SSSR count). The van der Waals surface area contributed by atoms with E-state index < -0.39 is 10.0 Å². The number of aromatic nitrogens is 1. The molecule has 7 nitrogen and oxygen atoms in total. The first-order valence-corrected chi connectivity index (χ1v) is 12.5. The number of carbonyl (C=O) groups excluding carboxylic acids is 1. The Labute approximate surface area is 198 Å². The lowest BCUT2D eigenvalue weighted by molar-refractivity contribution is -0.117. The molecule has 3 N–H and O–H groups in total. The molecule has 0 atom stereocenters. The summed E-state index contributed by atoms with van der Waals surface area (Å²) in [6.45, 7) is 1.10. The molecule has 1 saturated heterocycles. The molecule has 0 bridgehead atoms. The van der Waals surface area contributed by atoms with E-state index in [0.717, 1.165) is 12.1 Å². The van der Waals surface area contributed by atoms with Crippen molar-refractivity contribution in [2.45, 2.75) is 24.2 Å². The predicted octanol–water partition coefficient (Wildman–Crippen LogP) is 4.54. The highest BCUT2D eigenvalue weighted by molar-refractivity contribution is 7.93. The maximum Gasteiger partial charge on any atom is 0.263 e. The number of nitrogens with one attached hydrogen (secondary N) is 1. The van der Waals surface area contributed by atoms with E-state index in [1.165, 1.54) is 35.7 Å². The van der Waals surface area contributed by atoms with Gasteiger partial charge in [0.1, 0.15) is 5.82 Å². The molecule has 2 aromatic carbocycles. The molecule has 0 aliphatic carbocycles. The lowest BCUT2D eigenvalue weighted by Crippen LogP contribution is -2.23. The number of sulfonamides is 1. The SMILES string of the molecule is NCCc1c(F)cccc1Cl.O=C1CCCN1c1ccc(S(=O)(=O)Nc2nccs2)cc1.[HH].[HH]. The smallest absolute Gasteiger partial charge is 0.263 e. The Morgan fingerprint density at radius 2 is 2.00 bits per heavy atom. The summed E-state index contributed by atoms with van der Waals surface area (Å²) in [5.41, 5.74) is 6.51. The summed E-state index contributed by atoms with van der Waals surface area (Å²) in [6, 6.07) is 10.9. The lowest BCUT2D eigenvalue weighted by atomic mass is 10.1. The van der Waals surface area contributed by atoms with Gasteiger partial charge in [-0.25, -0.2) is 17.8 Å². The van der Waals surface area contributed by atoms with Gasteiger partial charge in [-0.2, -0.15) is 0 Å². The quantitative estimate of drug-likeness (QED) is 0.516. The number of anilines is 2. The minimum Gasteiger partial charge on any atom is -0.330 e. The van der Waals surface area contributed by atoms with Crippen LogP contribution in [0.2, 0.25) is 5.02 Å². The van der Waals surface area contributed by atoms with Crippen LogP contribution >= 0.6 is 22.9 Å². The van der Waals surface area contributed by atoms with Crippen LogP contribution in [-0.4, -0.2) is 32.4 Å². The minimum atomic E-state index is -3.64. The molecule has 0 unspecified atom stereocenters. The number of thiazole rings is 1. The fourth-order valence-corrected chi connectivity index (χ4v) is 5.14. The van der Waals surface area contributed by atoms with E-state index >= 15 is 0 Å². The van der Waals surface area contributed by atoms with E-state index in [0.29, 0.717) is 41.6 Å². The van der Waals surface area contributed by atoms with Gasteiger partial charge in [-0.15, -0.1) is 11.3 Å². The van der Waals surface area contributed by atoms with Gasteiger partial charge in [0.2, 0.25) is 5.91 Å². The molecule has 3 aromatic rings. The number of carbonyl (C=O) groups is 1. The molecule has 1 amide bonds. The number of hydrogen-bond acceptors (Lipinski definition) is 6. The van der Waals surface area contributed by atoms with Gasteiger partial charge in [-0.1, -0.05) is 17.7 Å². The molecule has 0 spiro atoms. The molecule has 0 saturated carbocycles. The van der Waals surface area contributed by atoms with Crippen LogP contribution in [0.3, 0.4) is 0 Å². The summed E-state index contributed by atoms with van der Waals surface area (Å²) in [5.74, 6) is -0.200. The van der Waals surface area contributed by atoms with Gasteiger partial charge < -0.3 is 10.6 Å². The van der Waals surface area contributed by atoms with Crippen LogP contribution in [0.1, 0.15) is 21.3 Å². The highest BCUT2D eigenvalue weighted by Crippen LogP contribution is 2.24. The van der Waals surface area contributed by atoms with Crippen LogP contribution in [0.15, 0.2) is 58.9 Å². The second-order valence-corrected chi connectivity index (χ2v) is 9.81. The second-order valence-electron chi connectivity index (χ2n) is 6.82. The average Bonchev–Trinajstić information content (AvgIpc) is 3.43. The van der Waals surface area contributed by atoms with E-state index in [1.807, 2.05) is 0 Å². The minimum absolute atomic E-state index is 0. The van der Waals surface area contributed by atoms with Crippen LogP contribution in [0.4, 0.5) is 15.2 Å². The van der Waals surface area contributed by atoms with Crippen LogP contribution in [0, 0.1) is 5.82 Å². The van der Waals surface area contributed by atoms with E-state index in [1.54, 1.807) is 34.5 Å². The van der Waals surface area contributed by atoms with Crippen molar-refractivity contribution in [1.29, 1.82) is 0 Å². The van der Waals surface area contributed by atoms with Crippen molar-refractivity contribution < 1.29 is 20.5 Å². The number of nitrogens with zero attached hydrogens (tertiary/aromatic N) is 2. The second kappa shape index (κ2) is 10.9. The Bertz CT molecular complexity index is 1150. The monoisotopic (exact) mass is 500 g/mol. The van der Waals surface area contributed by atoms with E-state index in [2.05, 4.69) is 9.71 Å². The molecule has 11 heteroatoms. The fraction of sp³-hybridized carbons (Fsp3) is 0.238.